The lowest BCUT2D eigenvalue weighted by Gasteiger charge is -2.32. The van der Waals surface area contributed by atoms with Gasteiger partial charge in [0, 0.05) is 6.54 Å². The van der Waals surface area contributed by atoms with Crippen LogP contribution in [0.2, 0.25) is 19.6 Å². The maximum atomic E-state index is 6.34. The molecule has 26 heavy (non-hydrogen) atoms. The van der Waals surface area contributed by atoms with Gasteiger partial charge in [-0.2, -0.15) is 0 Å². The molecule has 0 saturated carbocycles. The molecule has 0 bridgehead atoms. The molecule has 1 fully saturated rings. The minimum atomic E-state index is -1.64. The van der Waals surface area contributed by atoms with E-state index >= 15 is 0 Å². The van der Waals surface area contributed by atoms with Gasteiger partial charge in [0.05, 0.1) is 22.1 Å². The Balaban J connectivity index is 2.16. The highest BCUT2D eigenvalue weighted by Gasteiger charge is 2.54. The molecule has 1 aliphatic heterocycles. The number of aryl methyl sites for hydroxylation is 1. The van der Waals surface area contributed by atoms with Crippen LogP contribution >= 0.6 is 0 Å². The molecule has 1 aliphatic rings. The van der Waals surface area contributed by atoms with Crippen LogP contribution in [0.3, 0.4) is 0 Å². The Hall–Kier alpha value is -0.658. The Kier molecular flexibility index (Phi) is 6.78. The Bertz CT molecular complexity index is 580. The summed E-state index contributed by atoms with van der Waals surface area (Å²) in [6, 6.07) is 0. The first-order valence-corrected chi connectivity index (χ1v) is 13.8. The predicted octanol–water partition coefficient (Wildman–Crippen LogP) is 3.48. The van der Waals surface area contributed by atoms with Gasteiger partial charge in [0.15, 0.2) is 0 Å². The van der Waals surface area contributed by atoms with Crippen molar-refractivity contribution >= 4 is 26.1 Å². The van der Waals surface area contributed by atoms with E-state index in [0.29, 0.717) is 0 Å². The van der Waals surface area contributed by atoms with Crippen molar-refractivity contribution in [3.8, 4) is 0 Å². The fraction of sp³-hybridized carbons (Fsp3) is 0.895. The number of nitrogens with zero attached hydrogens (tertiary/aromatic N) is 3. The van der Waals surface area contributed by atoms with Crippen LogP contribution in [-0.4, -0.2) is 41.4 Å². The normalized spacial score (nSPS) is 19.3. The van der Waals surface area contributed by atoms with E-state index in [4.69, 9.17) is 9.31 Å². The van der Waals surface area contributed by atoms with E-state index in [1.54, 1.807) is 0 Å². The monoisotopic (exact) mass is 379 g/mol. The number of rotatable bonds is 9. The summed E-state index contributed by atoms with van der Waals surface area (Å²) in [5.41, 5.74) is 0.365. The molecule has 7 heteroatoms. The largest absolute Gasteiger partial charge is 0.515 e. The van der Waals surface area contributed by atoms with Gasteiger partial charge in [0.1, 0.15) is 8.07 Å². The van der Waals surface area contributed by atoms with Gasteiger partial charge in [0.2, 0.25) is 0 Å². The van der Waals surface area contributed by atoms with Crippen molar-refractivity contribution in [2.75, 3.05) is 0 Å². The second kappa shape index (κ2) is 8.15. The van der Waals surface area contributed by atoms with Crippen LogP contribution in [0.4, 0.5) is 0 Å². The van der Waals surface area contributed by atoms with Gasteiger partial charge < -0.3 is 9.31 Å². The molecule has 0 atom stereocenters. The molecule has 5 nitrogen and oxygen atoms in total. The summed E-state index contributed by atoms with van der Waals surface area (Å²) < 4.78 is 14.7. The lowest BCUT2D eigenvalue weighted by molar-refractivity contribution is 0.00578. The van der Waals surface area contributed by atoms with Crippen LogP contribution in [0.15, 0.2) is 0 Å². The fourth-order valence-corrected chi connectivity index (χ4v) is 4.61. The van der Waals surface area contributed by atoms with Crippen molar-refractivity contribution in [1.29, 1.82) is 0 Å². The maximum Gasteiger partial charge on any atom is 0.515 e. The molecule has 0 radical (unpaired) electrons. The third-order valence-corrected chi connectivity index (χ3v) is 7.46. The smallest absolute Gasteiger partial charge is 0.398 e. The zero-order valence-corrected chi connectivity index (χ0v) is 19.2. The zero-order valence-electron chi connectivity index (χ0n) is 18.2. The van der Waals surface area contributed by atoms with Crippen molar-refractivity contribution in [2.24, 2.45) is 0 Å². The quantitative estimate of drug-likeness (QED) is 0.487. The predicted molar refractivity (Wildman–Crippen MR) is 112 cm³/mol. The van der Waals surface area contributed by atoms with Crippen molar-refractivity contribution in [1.82, 2.24) is 15.0 Å². The third kappa shape index (κ3) is 4.79. The van der Waals surface area contributed by atoms with Crippen molar-refractivity contribution in [2.45, 2.75) is 111 Å². The molecule has 0 aliphatic carbocycles. The van der Waals surface area contributed by atoms with Crippen LogP contribution in [-0.2, 0) is 15.9 Å². The summed E-state index contributed by atoms with van der Waals surface area (Å²) in [6.07, 6.45) is 7.62. The first-order valence-electron chi connectivity index (χ1n) is 10.3. The minimum Gasteiger partial charge on any atom is -0.398 e. The Morgan fingerprint density at radius 3 is 2.00 bits per heavy atom. The molecule has 0 amide bonds. The standard InChI is InChI=1S/C19H38BN3O2Si/c1-9-10-11-12-13-14-15-23-16(17(21-22-23)26(6,7)8)20-24-18(2,3)19(4,5)25-20/h9-15H2,1-8H3. The van der Waals surface area contributed by atoms with Gasteiger partial charge in [0.25, 0.3) is 0 Å². The van der Waals surface area contributed by atoms with Gasteiger partial charge in [-0.05, 0) is 34.1 Å². The van der Waals surface area contributed by atoms with Crippen LogP contribution in [0, 0.1) is 0 Å². The first kappa shape index (κ1) is 21.6. The van der Waals surface area contributed by atoms with E-state index in [1.807, 2.05) is 0 Å². The summed E-state index contributed by atoms with van der Waals surface area (Å²) in [6.45, 7) is 18.5. The summed E-state index contributed by atoms with van der Waals surface area (Å²) in [4.78, 5) is 0. The molecule has 0 spiro atoms. The lowest BCUT2D eigenvalue weighted by atomic mass is 9.85. The summed E-state index contributed by atoms with van der Waals surface area (Å²) in [5, 5.41) is 10.2. The van der Waals surface area contributed by atoms with E-state index in [9.17, 15) is 0 Å². The van der Waals surface area contributed by atoms with Crippen LogP contribution in [0.1, 0.15) is 73.1 Å². The zero-order chi connectivity index (χ0) is 19.6. The van der Waals surface area contributed by atoms with Gasteiger partial charge >= 0.3 is 7.12 Å². The highest BCUT2D eigenvalue weighted by Crippen LogP contribution is 2.36. The number of hydrogen-bond donors (Lipinski definition) is 0. The first-order chi connectivity index (χ1) is 12.0. The van der Waals surface area contributed by atoms with Gasteiger partial charge in [-0.15, -0.1) is 5.10 Å². The molecule has 148 valence electrons. The number of unbranched alkanes of at least 4 members (excludes halogenated alkanes) is 5. The van der Waals surface area contributed by atoms with Gasteiger partial charge in [-0.1, -0.05) is 63.9 Å². The van der Waals surface area contributed by atoms with E-state index < -0.39 is 8.07 Å². The van der Waals surface area contributed by atoms with Gasteiger partial charge in [-0.3, -0.25) is 4.68 Å². The molecule has 1 aromatic rings. The fourth-order valence-electron chi connectivity index (χ4n) is 3.25. The topological polar surface area (TPSA) is 49.2 Å². The molecule has 1 aromatic heterocycles. The highest BCUT2D eigenvalue weighted by atomic mass is 28.3. The van der Waals surface area contributed by atoms with Crippen molar-refractivity contribution < 1.29 is 9.31 Å². The second-order valence-corrected chi connectivity index (χ2v) is 14.6. The van der Waals surface area contributed by atoms with E-state index in [0.717, 1.165) is 23.9 Å². The Morgan fingerprint density at radius 1 is 0.923 bits per heavy atom. The van der Waals surface area contributed by atoms with Crippen LogP contribution in [0.5, 0.6) is 0 Å². The van der Waals surface area contributed by atoms with Crippen LogP contribution < -0.4 is 10.9 Å². The second-order valence-electron chi connectivity index (χ2n) is 9.65. The minimum absolute atomic E-state index is 0.344. The molecular weight excluding hydrogens is 341 g/mol. The Labute approximate surface area is 161 Å². The molecule has 0 unspecified atom stereocenters. The average Bonchev–Trinajstić information content (AvgIpc) is 3.01. The third-order valence-electron chi connectivity index (χ3n) is 5.68. The molecule has 2 rings (SSSR count). The van der Waals surface area contributed by atoms with E-state index in [2.05, 4.69) is 69.3 Å². The van der Waals surface area contributed by atoms with E-state index in [1.165, 1.54) is 32.1 Å². The molecule has 0 N–H and O–H groups in total. The van der Waals surface area contributed by atoms with Gasteiger partial charge in [-0.25, -0.2) is 0 Å². The summed E-state index contributed by atoms with van der Waals surface area (Å²) in [5.74, 6) is 0. The van der Waals surface area contributed by atoms with Crippen molar-refractivity contribution in [3.63, 3.8) is 0 Å². The molecule has 1 saturated heterocycles. The maximum absolute atomic E-state index is 6.34. The highest BCUT2D eigenvalue weighted by molar-refractivity contribution is 6.91. The SMILES string of the molecule is CCCCCCCCn1nnc([Si](C)(C)C)c1B1OC(C)(C)C(C)(C)O1. The van der Waals surface area contributed by atoms with Crippen LogP contribution in [0.25, 0.3) is 0 Å². The summed E-state index contributed by atoms with van der Waals surface area (Å²) >= 11 is 0. The molecular formula is C19H38BN3O2Si. The number of hydrogen-bond acceptors (Lipinski definition) is 4. The Morgan fingerprint density at radius 2 is 1.46 bits per heavy atom. The lowest BCUT2D eigenvalue weighted by Crippen LogP contribution is -2.56. The average molecular weight is 379 g/mol. The summed E-state index contributed by atoms with van der Waals surface area (Å²) in [7, 11) is -2.01. The van der Waals surface area contributed by atoms with Crippen molar-refractivity contribution in [3.05, 3.63) is 0 Å². The molecule has 2 heterocycles. The molecule has 0 aromatic carbocycles. The van der Waals surface area contributed by atoms with E-state index in [-0.39, 0.29) is 18.3 Å². The number of aromatic nitrogens is 3.